The fourth-order valence-corrected chi connectivity index (χ4v) is 2.21. The molecule has 0 fully saturated rings. The molecule has 2 heterocycles. The van der Waals surface area contributed by atoms with Crippen molar-refractivity contribution < 1.29 is 18.3 Å². The summed E-state index contributed by atoms with van der Waals surface area (Å²) in [4.78, 5) is 24.4. The van der Waals surface area contributed by atoms with Crippen LogP contribution in [-0.2, 0) is 13.2 Å². The third-order valence-electron chi connectivity index (χ3n) is 3.29. The number of ether oxygens (including phenoxy) is 1. The lowest BCUT2D eigenvalue weighted by Crippen LogP contribution is -2.23. The predicted molar refractivity (Wildman–Crippen MR) is 90.2 cm³/mol. The van der Waals surface area contributed by atoms with Crippen molar-refractivity contribution >= 4 is 17.5 Å². The number of benzene rings is 1. The minimum atomic E-state index is -0.462. The number of carbonyl (C=O) groups excluding carboxylic acids is 1. The summed E-state index contributed by atoms with van der Waals surface area (Å²) >= 11 is 5.87. The van der Waals surface area contributed by atoms with Gasteiger partial charge < -0.3 is 14.5 Å². The Kier molecular flexibility index (Phi) is 5.43. The van der Waals surface area contributed by atoms with Crippen LogP contribution in [0.1, 0.15) is 27.8 Å². The molecule has 3 aromatic rings. The normalized spacial score (nSPS) is 10.6. The number of hydrogen-bond acceptors (Lipinski definition) is 6. The van der Waals surface area contributed by atoms with E-state index in [1.54, 1.807) is 12.4 Å². The second-order valence-corrected chi connectivity index (χ2v) is 5.73. The van der Waals surface area contributed by atoms with Gasteiger partial charge in [0.05, 0.1) is 29.2 Å². The molecular weight excluding hydrogens is 363 g/mol. The Labute approximate surface area is 153 Å². The molecule has 1 N–H and O–H groups in total. The molecule has 26 heavy (non-hydrogen) atoms. The first-order chi connectivity index (χ1) is 12.5. The molecule has 7 nitrogen and oxygen atoms in total. The molecule has 134 valence electrons. The van der Waals surface area contributed by atoms with E-state index in [1.807, 2.05) is 6.92 Å². The van der Waals surface area contributed by atoms with Crippen molar-refractivity contribution in [3.8, 4) is 5.75 Å². The molecule has 0 aliphatic heterocycles. The van der Waals surface area contributed by atoms with Gasteiger partial charge in [0.1, 0.15) is 17.8 Å². The highest BCUT2D eigenvalue weighted by atomic mass is 35.5. The number of carbonyl (C=O) groups is 1. The molecule has 0 aliphatic carbocycles. The zero-order chi connectivity index (χ0) is 18.5. The Morgan fingerprint density at radius 3 is 2.92 bits per heavy atom. The van der Waals surface area contributed by atoms with E-state index in [-0.39, 0.29) is 35.5 Å². The molecule has 0 saturated heterocycles. The zero-order valence-electron chi connectivity index (χ0n) is 13.7. The average Bonchev–Trinajstić information content (AvgIpc) is 3.09. The standard InChI is InChI=1S/C17H14ClFN4O3/c1-10-5-21-12(6-20-10)7-22-17(24)14-8-26-16(23-14)9-25-15-3-2-11(19)4-13(15)18/h2-6,8H,7,9H2,1H3,(H,22,24). The number of amides is 1. The van der Waals surface area contributed by atoms with Gasteiger partial charge >= 0.3 is 0 Å². The lowest BCUT2D eigenvalue weighted by atomic mass is 10.3. The molecule has 0 atom stereocenters. The highest BCUT2D eigenvalue weighted by Crippen LogP contribution is 2.25. The number of oxazole rings is 1. The van der Waals surface area contributed by atoms with Gasteiger partial charge in [-0.3, -0.25) is 14.8 Å². The van der Waals surface area contributed by atoms with Crippen molar-refractivity contribution in [1.82, 2.24) is 20.3 Å². The summed E-state index contributed by atoms with van der Waals surface area (Å²) in [6.07, 6.45) is 4.43. The molecule has 0 bridgehead atoms. The van der Waals surface area contributed by atoms with Crippen molar-refractivity contribution in [3.05, 3.63) is 70.7 Å². The molecule has 0 radical (unpaired) electrons. The van der Waals surface area contributed by atoms with Crippen molar-refractivity contribution in [2.45, 2.75) is 20.1 Å². The van der Waals surface area contributed by atoms with Crippen LogP contribution in [-0.4, -0.2) is 20.9 Å². The summed E-state index contributed by atoms with van der Waals surface area (Å²) in [6.45, 7) is 1.99. The monoisotopic (exact) mass is 376 g/mol. The van der Waals surface area contributed by atoms with E-state index in [0.717, 1.165) is 11.8 Å². The predicted octanol–water partition coefficient (Wildman–Crippen LogP) is 3.07. The Morgan fingerprint density at radius 1 is 1.35 bits per heavy atom. The molecule has 9 heteroatoms. The number of rotatable bonds is 6. The summed E-state index contributed by atoms with van der Waals surface area (Å²) in [7, 11) is 0. The van der Waals surface area contributed by atoms with Crippen LogP contribution in [0.25, 0.3) is 0 Å². The maximum atomic E-state index is 13.0. The van der Waals surface area contributed by atoms with Gasteiger partial charge in [-0.05, 0) is 25.1 Å². The van der Waals surface area contributed by atoms with Gasteiger partial charge in [-0.25, -0.2) is 9.37 Å². The molecule has 3 rings (SSSR count). The van der Waals surface area contributed by atoms with Crippen LogP contribution in [0.15, 0.2) is 41.3 Å². The molecule has 0 spiro atoms. The van der Waals surface area contributed by atoms with Crippen LogP contribution in [0, 0.1) is 12.7 Å². The third-order valence-corrected chi connectivity index (χ3v) is 3.59. The second kappa shape index (κ2) is 7.92. The van der Waals surface area contributed by atoms with Gasteiger partial charge in [0.25, 0.3) is 5.91 Å². The fraction of sp³-hybridized carbons (Fsp3) is 0.176. The molecule has 0 saturated carbocycles. The second-order valence-electron chi connectivity index (χ2n) is 5.32. The minimum Gasteiger partial charge on any atom is -0.482 e. The first-order valence-electron chi connectivity index (χ1n) is 7.59. The molecule has 2 aromatic heterocycles. The first-order valence-corrected chi connectivity index (χ1v) is 7.97. The minimum absolute atomic E-state index is 0.0535. The molecular formula is C17H14ClFN4O3. The third kappa shape index (κ3) is 4.54. The van der Waals surface area contributed by atoms with E-state index in [0.29, 0.717) is 5.69 Å². The van der Waals surface area contributed by atoms with E-state index in [4.69, 9.17) is 20.8 Å². The Morgan fingerprint density at radius 2 is 2.19 bits per heavy atom. The molecule has 1 amide bonds. The summed E-state index contributed by atoms with van der Waals surface area (Å²) in [5.41, 5.74) is 1.53. The quantitative estimate of drug-likeness (QED) is 0.711. The number of aromatic nitrogens is 3. The van der Waals surface area contributed by atoms with Crippen molar-refractivity contribution in [2.75, 3.05) is 0 Å². The number of hydrogen-bond donors (Lipinski definition) is 1. The van der Waals surface area contributed by atoms with Gasteiger partial charge in [-0.2, -0.15) is 0 Å². The number of nitrogens with one attached hydrogen (secondary N) is 1. The van der Waals surface area contributed by atoms with Crippen LogP contribution < -0.4 is 10.1 Å². The Bertz CT molecular complexity index is 915. The van der Waals surface area contributed by atoms with E-state index in [1.165, 1.54) is 18.4 Å². The average molecular weight is 377 g/mol. The Hall–Kier alpha value is -3.00. The number of aryl methyl sites for hydroxylation is 1. The molecule has 0 aliphatic rings. The topological polar surface area (TPSA) is 90.1 Å². The summed E-state index contributed by atoms with van der Waals surface area (Å²) < 4.78 is 23.6. The number of halogens is 2. The number of nitrogens with zero attached hydrogens (tertiary/aromatic N) is 3. The molecule has 1 aromatic carbocycles. The summed E-state index contributed by atoms with van der Waals surface area (Å²) in [5.74, 6) is -0.404. The van der Waals surface area contributed by atoms with Gasteiger partial charge in [0, 0.05) is 6.20 Å². The first kappa shape index (κ1) is 17.8. The largest absolute Gasteiger partial charge is 0.482 e. The van der Waals surface area contributed by atoms with E-state index in [2.05, 4.69) is 20.3 Å². The van der Waals surface area contributed by atoms with Crippen LogP contribution in [0.2, 0.25) is 5.02 Å². The van der Waals surface area contributed by atoms with Crippen LogP contribution in [0.4, 0.5) is 4.39 Å². The van der Waals surface area contributed by atoms with Crippen LogP contribution in [0.5, 0.6) is 5.75 Å². The van der Waals surface area contributed by atoms with Gasteiger partial charge in [-0.15, -0.1) is 0 Å². The smallest absolute Gasteiger partial charge is 0.273 e. The Balaban J connectivity index is 1.55. The zero-order valence-corrected chi connectivity index (χ0v) is 14.5. The summed E-state index contributed by atoms with van der Waals surface area (Å²) in [6, 6.07) is 3.76. The highest BCUT2D eigenvalue weighted by Gasteiger charge is 2.13. The van der Waals surface area contributed by atoms with Crippen molar-refractivity contribution in [2.24, 2.45) is 0 Å². The SMILES string of the molecule is Cc1cnc(CNC(=O)c2coc(COc3ccc(F)cc3Cl)n2)cn1. The van der Waals surface area contributed by atoms with Crippen LogP contribution in [0.3, 0.4) is 0 Å². The highest BCUT2D eigenvalue weighted by molar-refractivity contribution is 6.32. The van der Waals surface area contributed by atoms with E-state index < -0.39 is 11.7 Å². The lowest BCUT2D eigenvalue weighted by molar-refractivity contribution is 0.0945. The van der Waals surface area contributed by atoms with Crippen molar-refractivity contribution in [3.63, 3.8) is 0 Å². The fourth-order valence-electron chi connectivity index (χ4n) is 1.99. The van der Waals surface area contributed by atoms with E-state index in [9.17, 15) is 9.18 Å². The summed E-state index contributed by atoms with van der Waals surface area (Å²) in [5, 5.41) is 2.80. The van der Waals surface area contributed by atoms with Crippen molar-refractivity contribution in [1.29, 1.82) is 0 Å². The lowest BCUT2D eigenvalue weighted by Gasteiger charge is -2.05. The maximum Gasteiger partial charge on any atom is 0.273 e. The van der Waals surface area contributed by atoms with E-state index >= 15 is 0 Å². The van der Waals surface area contributed by atoms with Gasteiger partial charge in [0.15, 0.2) is 12.3 Å². The van der Waals surface area contributed by atoms with Gasteiger partial charge in [0.2, 0.25) is 5.89 Å². The van der Waals surface area contributed by atoms with Crippen LogP contribution >= 0.6 is 11.6 Å². The van der Waals surface area contributed by atoms with Gasteiger partial charge in [-0.1, -0.05) is 11.6 Å². The molecule has 0 unspecified atom stereocenters. The maximum absolute atomic E-state index is 13.0.